The third-order valence-electron chi connectivity index (χ3n) is 17.1. The Labute approximate surface area is 672 Å². The molecule has 0 aromatic heterocycles. The highest BCUT2D eigenvalue weighted by Crippen LogP contribution is 2.15. The number of carboxylic acid groups (broad SMARTS) is 1. The van der Waals surface area contributed by atoms with E-state index in [1.54, 1.807) is 0 Å². The highest BCUT2D eigenvalue weighted by atomic mass is 16.4. The Bertz CT molecular complexity index is 3470. The highest BCUT2D eigenvalue weighted by molar-refractivity contribution is 5.99. The number of nitrogens with two attached hydrogens (primary N) is 9. The van der Waals surface area contributed by atoms with Gasteiger partial charge in [0.05, 0.1) is 6.54 Å². The van der Waals surface area contributed by atoms with Crippen molar-refractivity contribution < 1.29 is 72.5 Å². The molecule has 1 rings (SSSR count). The molecular weight excluding hydrogens is 1520 g/mol. The van der Waals surface area contributed by atoms with Crippen LogP contribution in [0.5, 0.6) is 5.75 Å². The number of aliphatic carboxylic acids is 1. The van der Waals surface area contributed by atoms with E-state index < -0.39 is 186 Å². The van der Waals surface area contributed by atoms with Crippen LogP contribution in [-0.4, -0.2) is 242 Å². The minimum atomic E-state index is -1.76. The zero-order valence-electron chi connectivity index (χ0n) is 65.2. The van der Waals surface area contributed by atoms with Crippen LogP contribution >= 0.6 is 0 Å². The molecule has 648 valence electrons. The van der Waals surface area contributed by atoms with Crippen LogP contribution in [0.15, 0.2) is 24.3 Å². The van der Waals surface area contributed by atoms with E-state index in [2.05, 4.69) is 96.3 Å². The minimum Gasteiger partial charge on any atom is -0.508 e. The first-order valence-corrected chi connectivity index (χ1v) is 37.9. The van der Waals surface area contributed by atoms with Crippen molar-refractivity contribution in [2.75, 3.05) is 58.9 Å². The van der Waals surface area contributed by atoms with E-state index in [1.807, 2.05) is 0 Å². The minimum absolute atomic E-state index is 0.000515. The lowest BCUT2D eigenvalue weighted by molar-refractivity contribution is -0.142. The smallest absolute Gasteiger partial charge is 0.326 e. The zero-order valence-corrected chi connectivity index (χ0v) is 65.2. The van der Waals surface area contributed by atoms with Gasteiger partial charge in [0, 0.05) is 65.0 Å². The number of terminal acetylenes is 1. The molecule has 0 saturated heterocycles. The van der Waals surface area contributed by atoms with Crippen molar-refractivity contribution in [3.8, 4) is 18.1 Å². The summed E-state index contributed by atoms with van der Waals surface area (Å²) in [7, 11) is 0. The molecule has 0 fully saturated rings. The molecule has 0 heterocycles. The van der Waals surface area contributed by atoms with E-state index in [0.29, 0.717) is 18.4 Å². The third kappa shape index (κ3) is 46.9. The number of nitrogens with one attached hydrogen (secondary N) is 23. The van der Waals surface area contributed by atoms with Crippen LogP contribution in [0.1, 0.15) is 147 Å². The molecule has 0 aliphatic heterocycles. The number of carbonyl (C=O) groups is 13. The van der Waals surface area contributed by atoms with Gasteiger partial charge in [0.15, 0.2) is 35.8 Å². The fourth-order valence-corrected chi connectivity index (χ4v) is 11.1. The normalized spacial score (nSPS) is 13.2. The summed E-state index contributed by atoms with van der Waals surface area (Å²) in [5, 5.41) is 109. The maximum Gasteiger partial charge on any atom is 0.326 e. The van der Waals surface area contributed by atoms with E-state index in [9.17, 15) is 72.5 Å². The van der Waals surface area contributed by atoms with Crippen molar-refractivity contribution in [1.29, 1.82) is 32.5 Å². The quantitative estimate of drug-likeness (QED) is 0.0125. The fourth-order valence-electron chi connectivity index (χ4n) is 11.1. The Morgan fingerprint density at radius 3 is 0.879 bits per heavy atom. The van der Waals surface area contributed by atoms with Gasteiger partial charge in [0.2, 0.25) is 70.9 Å². The molecule has 12 amide bonds. The topological polar surface area (TPSA) is 844 Å². The van der Waals surface area contributed by atoms with E-state index in [1.165, 1.54) is 24.3 Å². The molecule has 43 N–H and O–H groups in total. The van der Waals surface area contributed by atoms with E-state index in [4.69, 9.17) is 90.5 Å². The average molecular weight is 1640 g/mol. The third-order valence-corrected chi connectivity index (χ3v) is 17.1. The van der Waals surface area contributed by atoms with Gasteiger partial charge >= 0.3 is 5.97 Å². The number of carboxylic acids is 1. The molecule has 0 aliphatic carbocycles. The first kappa shape index (κ1) is 101. The first-order chi connectivity index (χ1) is 55.0. The molecule has 10 atom stereocenters. The summed E-state index contributed by atoms with van der Waals surface area (Å²) in [6.45, 7) is -0.457. The zero-order chi connectivity index (χ0) is 87.1. The number of phenols is 1. The maximum atomic E-state index is 14.9. The predicted molar refractivity (Wildman–Crippen MR) is 429 cm³/mol. The monoisotopic (exact) mass is 1640 g/mol. The van der Waals surface area contributed by atoms with Crippen LogP contribution < -0.4 is 142 Å². The van der Waals surface area contributed by atoms with Crippen molar-refractivity contribution in [2.24, 2.45) is 51.6 Å². The number of hydrogen-bond donors (Lipinski definition) is 34. The molecule has 0 spiro atoms. The van der Waals surface area contributed by atoms with Gasteiger partial charge in [-0.25, -0.2) is 4.79 Å². The molecule has 47 nitrogen and oxygen atoms in total. The molecule has 0 unspecified atom stereocenters. The van der Waals surface area contributed by atoms with E-state index >= 15 is 0 Å². The van der Waals surface area contributed by atoms with Crippen LogP contribution in [0.4, 0.5) is 0 Å². The standard InChI is InChI=1S/C69H122N32O15/c1-2-3-22-52(104)93-50(37-39-23-25-40(102)26-24-39)54(106)91-38-53(105)92-41(16-8-31-85-64(73)74)55(107)94-42(14-4-6-29-70)56(108)95-43(15-5-7-30-71)57(109)96-44(17-9-32-86-65(75)76)58(110)97-46(19-11-34-88-67(79)80)60(112)100-48(27-28-51(72)103)62(114)99-45(18-10-33-87-66(77)78)59(111)98-47(20-12-35-89-68(81)82)61(113)101-49(63(115)116)21-13-36-90-69(83)84/h1,23-26,41-50,102H,3-22,27-38,70-71H2,(H2,72,103)(H,91,106)(H,92,105)(H,93,104)(H,94,107)(H,95,108)(H,96,109)(H,97,110)(H,98,111)(H,99,114)(H,100,112)(H,101,113)(H,115,116)(H4,73,74,85)(H4,75,76,86)(H4,77,78,87)(H4,79,80,88)(H4,81,82,89)(H4,83,84,90)/t41-,42-,43-,44-,45-,46-,47-,48-,49-,50-/m0/s1. The second kappa shape index (κ2) is 58.1. The van der Waals surface area contributed by atoms with Crippen LogP contribution in [0.3, 0.4) is 0 Å². The first-order valence-electron chi connectivity index (χ1n) is 37.9. The summed E-state index contributed by atoms with van der Waals surface area (Å²) in [6.07, 6.45) is 3.94. The number of carbonyl (C=O) groups excluding carboxylic acids is 12. The lowest BCUT2D eigenvalue weighted by Gasteiger charge is -2.28. The summed E-state index contributed by atoms with van der Waals surface area (Å²) in [4.78, 5) is 182. The van der Waals surface area contributed by atoms with Gasteiger partial charge < -0.3 is 152 Å². The molecule has 116 heavy (non-hydrogen) atoms. The molecular formula is C69H122N32O15. The number of unbranched alkanes of at least 4 members (excludes halogenated alkanes) is 2. The number of hydrogen-bond acceptors (Lipinski definition) is 22. The van der Waals surface area contributed by atoms with Gasteiger partial charge in [-0.1, -0.05) is 12.1 Å². The average Bonchev–Trinajstić information content (AvgIpc) is 0.822. The summed E-state index contributed by atoms with van der Waals surface area (Å²) in [5.41, 5.74) is 50.7. The van der Waals surface area contributed by atoms with Gasteiger partial charge in [-0.3, -0.25) is 90.0 Å². The van der Waals surface area contributed by atoms with Gasteiger partial charge in [-0.2, -0.15) is 0 Å². The van der Waals surface area contributed by atoms with Crippen molar-refractivity contribution in [1.82, 2.24) is 90.4 Å². The Hall–Kier alpha value is -12.8. The number of amides is 12. The second-order valence-corrected chi connectivity index (χ2v) is 26.8. The SMILES string of the molecule is C#CCCC(=O)N[C@@H](Cc1ccc(O)cc1)C(=O)NCC(=O)N[C@@H](CCCNC(=N)N)C(=O)N[C@@H](CCCCN)C(=O)N[C@@H](CCCCN)C(=O)N[C@@H](CCCNC(=N)N)C(=O)N[C@@H](CCCNC(=N)N)C(=O)N[C@@H](CCC(N)=O)C(=O)N[C@@H](CCCNC(=N)N)C(=O)N[C@@H](CCCNC(=N)N)C(=O)N[C@@H](CCCNC(=N)N)C(=O)O. The summed E-state index contributed by atoms with van der Waals surface area (Å²) < 4.78 is 0. The number of benzene rings is 1. The number of aromatic hydroxyl groups is 1. The number of guanidine groups is 6. The predicted octanol–water partition coefficient (Wildman–Crippen LogP) is -9.50. The molecule has 0 radical (unpaired) electrons. The van der Waals surface area contributed by atoms with Crippen molar-refractivity contribution in [3.63, 3.8) is 0 Å². The number of primary amides is 1. The van der Waals surface area contributed by atoms with E-state index in [-0.39, 0.29) is 186 Å². The van der Waals surface area contributed by atoms with Crippen molar-refractivity contribution in [2.45, 2.75) is 208 Å². The van der Waals surface area contributed by atoms with E-state index in [0.717, 1.165) is 0 Å². The summed E-state index contributed by atoms with van der Waals surface area (Å²) in [6, 6.07) is -9.44. The fraction of sp³-hybridized carbons (Fsp3) is 0.609. The summed E-state index contributed by atoms with van der Waals surface area (Å²) >= 11 is 0. The Morgan fingerprint density at radius 1 is 0.336 bits per heavy atom. The molecule has 1 aromatic carbocycles. The molecule has 0 saturated carbocycles. The largest absolute Gasteiger partial charge is 0.508 e. The van der Waals surface area contributed by atoms with Crippen molar-refractivity contribution in [3.05, 3.63) is 29.8 Å². The van der Waals surface area contributed by atoms with Gasteiger partial charge in [0.1, 0.15) is 66.2 Å². The molecule has 1 aromatic rings. The lowest BCUT2D eigenvalue weighted by atomic mass is 10.0. The Kier molecular flexibility index (Phi) is 50.7. The summed E-state index contributed by atoms with van der Waals surface area (Å²) in [5.74, 6) is -13.0. The van der Waals surface area contributed by atoms with Crippen LogP contribution in [-0.2, 0) is 68.7 Å². The number of rotatable bonds is 61. The molecule has 47 heteroatoms. The van der Waals surface area contributed by atoms with Gasteiger partial charge in [0.25, 0.3) is 0 Å². The highest BCUT2D eigenvalue weighted by Gasteiger charge is 2.36. The van der Waals surface area contributed by atoms with Crippen LogP contribution in [0, 0.1) is 44.8 Å². The Balaban J connectivity index is 3.91. The lowest BCUT2D eigenvalue weighted by Crippen LogP contribution is -2.60. The van der Waals surface area contributed by atoms with Crippen LogP contribution in [0.25, 0.3) is 0 Å². The Morgan fingerprint density at radius 2 is 0.603 bits per heavy atom. The van der Waals surface area contributed by atoms with Crippen molar-refractivity contribution >= 4 is 113 Å². The number of phenolic OH excluding ortho intramolecular Hbond substituents is 1. The molecule has 0 aliphatic rings. The van der Waals surface area contributed by atoms with Gasteiger partial charge in [-0.05, 0) is 153 Å². The second-order valence-electron chi connectivity index (χ2n) is 26.8. The molecule has 0 bridgehead atoms. The maximum absolute atomic E-state index is 14.9. The van der Waals surface area contributed by atoms with Crippen LogP contribution in [0.2, 0.25) is 0 Å². The van der Waals surface area contributed by atoms with Gasteiger partial charge in [-0.15, -0.1) is 12.3 Å².